The van der Waals surface area contributed by atoms with Crippen LogP contribution < -0.4 is 5.73 Å². The van der Waals surface area contributed by atoms with Gasteiger partial charge < -0.3 is 5.73 Å². The Morgan fingerprint density at radius 1 is 1.30 bits per heavy atom. The highest BCUT2D eigenvalue weighted by molar-refractivity contribution is 7.09. The zero-order valence-electron chi connectivity index (χ0n) is 13.4. The van der Waals surface area contributed by atoms with Gasteiger partial charge in [0.2, 0.25) is 0 Å². The fourth-order valence-electron chi connectivity index (χ4n) is 2.90. The lowest BCUT2D eigenvalue weighted by atomic mass is 9.90. The molecule has 0 bridgehead atoms. The van der Waals surface area contributed by atoms with Crippen LogP contribution in [-0.4, -0.2) is 28.5 Å². The molecule has 0 unspecified atom stereocenters. The molecule has 1 saturated carbocycles. The van der Waals surface area contributed by atoms with Crippen LogP contribution in [0.5, 0.6) is 0 Å². The average Bonchev–Trinajstić information content (AvgIpc) is 2.85. The van der Waals surface area contributed by atoms with Crippen LogP contribution in [0.1, 0.15) is 64.1 Å². The molecule has 0 aromatic carbocycles. The summed E-state index contributed by atoms with van der Waals surface area (Å²) < 4.78 is 0. The van der Waals surface area contributed by atoms with Crippen LogP contribution in [0.15, 0.2) is 5.38 Å². The van der Waals surface area contributed by atoms with E-state index in [1.165, 1.54) is 36.4 Å². The molecule has 3 nitrogen and oxygen atoms in total. The summed E-state index contributed by atoms with van der Waals surface area (Å²) in [6.45, 7) is 11.0. The first-order chi connectivity index (χ1) is 9.40. The summed E-state index contributed by atoms with van der Waals surface area (Å²) in [6.07, 6.45) is 4.83. The lowest BCUT2D eigenvalue weighted by Crippen LogP contribution is -2.40. The summed E-state index contributed by atoms with van der Waals surface area (Å²) in [5.74, 6) is 0. The third-order valence-corrected chi connectivity index (χ3v) is 5.54. The van der Waals surface area contributed by atoms with E-state index in [4.69, 9.17) is 10.7 Å². The molecule has 1 aromatic rings. The maximum absolute atomic E-state index is 6.01. The zero-order valence-corrected chi connectivity index (χ0v) is 14.2. The first kappa shape index (κ1) is 15.9. The van der Waals surface area contributed by atoms with Crippen molar-refractivity contribution in [3.05, 3.63) is 16.1 Å². The third kappa shape index (κ3) is 4.03. The Hall–Kier alpha value is -0.450. The number of thiazole rings is 1. The maximum atomic E-state index is 6.01. The van der Waals surface area contributed by atoms with E-state index in [9.17, 15) is 0 Å². The molecule has 0 atom stereocenters. The van der Waals surface area contributed by atoms with Crippen molar-refractivity contribution in [2.75, 3.05) is 6.54 Å². The van der Waals surface area contributed by atoms with E-state index < -0.39 is 0 Å². The quantitative estimate of drug-likeness (QED) is 0.924. The van der Waals surface area contributed by atoms with E-state index in [1.54, 1.807) is 11.3 Å². The van der Waals surface area contributed by atoms with Crippen molar-refractivity contribution in [1.82, 2.24) is 9.88 Å². The van der Waals surface area contributed by atoms with Crippen LogP contribution in [0.25, 0.3) is 0 Å². The molecule has 1 aliphatic rings. The van der Waals surface area contributed by atoms with Crippen LogP contribution in [0.3, 0.4) is 0 Å². The van der Waals surface area contributed by atoms with Gasteiger partial charge in [-0.05, 0) is 32.2 Å². The largest absolute Gasteiger partial charge is 0.328 e. The normalized spacial score (nSPS) is 24.3. The Morgan fingerprint density at radius 3 is 2.45 bits per heavy atom. The van der Waals surface area contributed by atoms with Gasteiger partial charge in [-0.25, -0.2) is 4.98 Å². The van der Waals surface area contributed by atoms with Crippen molar-refractivity contribution in [1.29, 1.82) is 0 Å². The number of rotatable bonds is 4. The van der Waals surface area contributed by atoms with Crippen molar-refractivity contribution in [3.63, 3.8) is 0 Å². The topological polar surface area (TPSA) is 42.2 Å². The first-order valence-corrected chi connectivity index (χ1v) is 8.72. The van der Waals surface area contributed by atoms with Gasteiger partial charge in [0.05, 0.1) is 10.7 Å². The SMILES string of the molecule is CCN(Cc1csc(C(C)(C)C)n1)C1CCC(N)CC1. The second-order valence-electron chi connectivity index (χ2n) is 7.03. The molecule has 4 heteroatoms. The maximum Gasteiger partial charge on any atom is 0.0982 e. The fraction of sp³-hybridized carbons (Fsp3) is 0.812. The van der Waals surface area contributed by atoms with Gasteiger partial charge in [-0.15, -0.1) is 11.3 Å². The Balaban J connectivity index is 1.98. The molecule has 0 radical (unpaired) electrons. The Labute approximate surface area is 127 Å². The minimum Gasteiger partial charge on any atom is -0.328 e. The fourth-order valence-corrected chi connectivity index (χ4v) is 3.80. The van der Waals surface area contributed by atoms with Crippen molar-refractivity contribution in [2.24, 2.45) is 5.73 Å². The molecule has 0 aliphatic heterocycles. The molecule has 0 saturated heterocycles. The minimum atomic E-state index is 0.164. The standard InChI is InChI=1S/C16H29N3S/c1-5-19(14-8-6-12(17)7-9-14)10-13-11-20-15(18-13)16(2,3)4/h11-12,14H,5-10,17H2,1-4H3. The molecular formula is C16H29N3S. The molecule has 1 aliphatic carbocycles. The van der Waals surface area contributed by atoms with Crippen LogP contribution in [0.4, 0.5) is 0 Å². The number of nitrogens with two attached hydrogens (primary N) is 1. The Bertz CT molecular complexity index is 414. The van der Waals surface area contributed by atoms with E-state index in [1.807, 2.05) is 0 Å². The summed E-state index contributed by atoms with van der Waals surface area (Å²) in [4.78, 5) is 7.41. The van der Waals surface area contributed by atoms with E-state index in [0.29, 0.717) is 12.1 Å². The van der Waals surface area contributed by atoms with Crippen LogP contribution in [0.2, 0.25) is 0 Å². The van der Waals surface area contributed by atoms with Crippen LogP contribution >= 0.6 is 11.3 Å². The lowest BCUT2D eigenvalue weighted by Gasteiger charge is -2.35. The number of aromatic nitrogens is 1. The van der Waals surface area contributed by atoms with Crippen molar-refractivity contribution >= 4 is 11.3 Å². The van der Waals surface area contributed by atoms with Gasteiger partial charge in [0.15, 0.2) is 0 Å². The molecule has 114 valence electrons. The van der Waals surface area contributed by atoms with E-state index in [2.05, 4.69) is 38.0 Å². The van der Waals surface area contributed by atoms with Gasteiger partial charge in [-0.1, -0.05) is 27.7 Å². The molecule has 2 rings (SSSR count). The molecule has 2 N–H and O–H groups in total. The number of nitrogens with zero attached hydrogens (tertiary/aromatic N) is 2. The summed E-state index contributed by atoms with van der Waals surface area (Å²) >= 11 is 1.80. The highest BCUT2D eigenvalue weighted by Gasteiger charge is 2.24. The Morgan fingerprint density at radius 2 is 1.95 bits per heavy atom. The molecule has 0 spiro atoms. The summed E-state index contributed by atoms with van der Waals surface area (Å²) in [5, 5.41) is 3.48. The second-order valence-corrected chi connectivity index (χ2v) is 7.88. The van der Waals surface area contributed by atoms with Gasteiger partial charge in [0.25, 0.3) is 0 Å². The second kappa shape index (κ2) is 6.54. The van der Waals surface area contributed by atoms with Crippen molar-refractivity contribution in [3.8, 4) is 0 Å². The lowest BCUT2D eigenvalue weighted by molar-refractivity contribution is 0.148. The molecule has 1 heterocycles. The average molecular weight is 295 g/mol. The van der Waals surface area contributed by atoms with Gasteiger partial charge in [0, 0.05) is 29.4 Å². The first-order valence-electron chi connectivity index (χ1n) is 7.84. The van der Waals surface area contributed by atoms with E-state index in [-0.39, 0.29) is 5.41 Å². The van der Waals surface area contributed by atoms with Crippen molar-refractivity contribution in [2.45, 2.75) is 77.4 Å². The van der Waals surface area contributed by atoms with Gasteiger partial charge in [0.1, 0.15) is 0 Å². The van der Waals surface area contributed by atoms with Gasteiger partial charge in [-0.3, -0.25) is 4.90 Å². The van der Waals surface area contributed by atoms with Crippen molar-refractivity contribution < 1.29 is 0 Å². The van der Waals surface area contributed by atoms with E-state index >= 15 is 0 Å². The highest BCUT2D eigenvalue weighted by atomic mass is 32.1. The molecule has 1 aromatic heterocycles. The van der Waals surface area contributed by atoms with Gasteiger partial charge in [-0.2, -0.15) is 0 Å². The third-order valence-electron chi connectivity index (χ3n) is 4.22. The summed E-state index contributed by atoms with van der Waals surface area (Å²) in [5.41, 5.74) is 7.41. The number of hydrogen-bond acceptors (Lipinski definition) is 4. The highest BCUT2D eigenvalue weighted by Crippen LogP contribution is 2.27. The summed E-state index contributed by atoms with van der Waals surface area (Å²) in [6, 6.07) is 1.12. The summed E-state index contributed by atoms with van der Waals surface area (Å²) in [7, 11) is 0. The molecular weight excluding hydrogens is 266 g/mol. The van der Waals surface area contributed by atoms with Crippen LogP contribution in [-0.2, 0) is 12.0 Å². The Kier molecular flexibility index (Phi) is 5.21. The molecule has 20 heavy (non-hydrogen) atoms. The predicted molar refractivity (Wildman–Crippen MR) is 87.1 cm³/mol. The minimum absolute atomic E-state index is 0.164. The zero-order chi connectivity index (χ0) is 14.8. The van der Waals surface area contributed by atoms with E-state index in [0.717, 1.165) is 13.1 Å². The number of hydrogen-bond donors (Lipinski definition) is 1. The van der Waals surface area contributed by atoms with Crippen LogP contribution in [0, 0.1) is 0 Å². The monoisotopic (exact) mass is 295 g/mol. The molecule has 1 fully saturated rings. The molecule has 0 amide bonds. The van der Waals surface area contributed by atoms with Gasteiger partial charge >= 0.3 is 0 Å². The predicted octanol–water partition coefficient (Wildman–Crippen LogP) is 3.53. The smallest absolute Gasteiger partial charge is 0.0982 e.